The number of nitrogens with zero attached hydrogens (tertiary/aromatic N) is 5. The van der Waals surface area contributed by atoms with Crippen LogP contribution >= 0.6 is 11.6 Å². The van der Waals surface area contributed by atoms with E-state index in [1.54, 1.807) is 17.9 Å². The predicted molar refractivity (Wildman–Crippen MR) is 60.2 cm³/mol. The summed E-state index contributed by atoms with van der Waals surface area (Å²) in [6.45, 7) is 0.271. The predicted octanol–water partition coefficient (Wildman–Crippen LogP) is 0.0821. The number of hydrogen-bond donors (Lipinski definition) is 0. The molecule has 0 aromatic carbocycles. The molecule has 0 aliphatic carbocycles. The smallest absolute Gasteiger partial charge is 0.297 e. The molecule has 90 valence electrons. The van der Waals surface area contributed by atoms with E-state index in [2.05, 4.69) is 15.3 Å². The number of aryl methyl sites for hydroxylation is 1. The fourth-order valence-electron chi connectivity index (χ4n) is 1.38. The maximum absolute atomic E-state index is 11.9. The molecule has 2 heterocycles. The molecule has 0 saturated heterocycles. The second-order valence-corrected chi connectivity index (χ2v) is 3.74. The lowest BCUT2D eigenvalue weighted by Gasteiger charge is -2.05. The molecule has 0 N–H and O–H groups in total. The van der Waals surface area contributed by atoms with E-state index in [0.29, 0.717) is 5.69 Å². The zero-order chi connectivity index (χ0) is 12.4. The van der Waals surface area contributed by atoms with Crippen LogP contribution in [0.15, 0.2) is 17.3 Å². The quantitative estimate of drug-likeness (QED) is 0.726. The molecule has 8 heteroatoms. The Labute approximate surface area is 102 Å². The molecule has 0 unspecified atom stereocenters. The molecule has 0 atom stereocenters. The van der Waals surface area contributed by atoms with Crippen LogP contribution in [0.2, 0.25) is 5.15 Å². The summed E-state index contributed by atoms with van der Waals surface area (Å²) in [4.78, 5) is 15.8. The molecule has 0 aliphatic rings. The van der Waals surface area contributed by atoms with E-state index in [9.17, 15) is 4.79 Å². The molecular weight excluding hydrogens is 246 g/mol. The first-order chi connectivity index (χ1) is 8.11. The van der Waals surface area contributed by atoms with Crippen molar-refractivity contribution in [2.75, 3.05) is 7.11 Å². The van der Waals surface area contributed by atoms with Crippen LogP contribution in [0.5, 0.6) is 5.75 Å². The van der Waals surface area contributed by atoms with E-state index < -0.39 is 0 Å². The zero-order valence-electron chi connectivity index (χ0n) is 9.29. The Balaban J connectivity index is 2.37. The molecule has 0 amide bonds. The summed E-state index contributed by atoms with van der Waals surface area (Å²) in [6, 6.07) is 0. The molecule has 0 bridgehead atoms. The average molecular weight is 256 g/mol. The number of aromatic nitrogens is 5. The monoisotopic (exact) mass is 255 g/mol. The normalized spacial score (nSPS) is 10.5. The van der Waals surface area contributed by atoms with Crippen molar-refractivity contribution in [3.8, 4) is 5.75 Å². The lowest BCUT2D eigenvalue weighted by Crippen LogP contribution is -2.22. The molecule has 17 heavy (non-hydrogen) atoms. The standard InChI is InChI=1S/C9H10ClN5O2/c1-14-3-6(12-13-14)4-15-5-11-8(10)7(17-2)9(15)16/h3,5H,4H2,1-2H3. The zero-order valence-corrected chi connectivity index (χ0v) is 10.0. The minimum Gasteiger partial charge on any atom is -0.489 e. The van der Waals surface area contributed by atoms with Gasteiger partial charge in [-0.05, 0) is 0 Å². The van der Waals surface area contributed by atoms with Crippen molar-refractivity contribution in [2.45, 2.75) is 6.54 Å². The first-order valence-corrected chi connectivity index (χ1v) is 5.13. The molecule has 2 rings (SSSR count). The third-order valence-electron chi connectivity index (χ3n) is 2.14. The van der Waals surface area contributed by atoms with Gasteiger partial charge in [0.2, 0.25) is 5.75 Å². The van der Waals surface area contributed by atoms with Gasteiger partial charge < -0.3 is 4.74 Å². The lowest BCUT2D eigenvalue weighted by molar-refractivity contribution is 0.400. The maximum atomic E-state index is 11.9. The van der Waals surface area contributed by atoms with Crippen molar-refractivity contribution in [2.24, 2.45) is 7.05 Å². The van der Waals surface area contributed by atoms with Gasteiger partial charge in [-0.15, -0.1) is 5.10 Å². The van der Waals surface area contributed by atoms with Crippen LogP contribution in [-0.4, -0.2) is 31.7 Å². The molecule has 0 radical (unpaired) electrons. The summed E-state index contributed by atoms with van der Waals surface area (Å²) in [5.41, 5.74) is 0.305. The van der Waals surface area contributed by atoms with Gasteiger partial charge in [0.1, 0.15) is 5.69 Å². The van der Waals surface area contributed by atoms with E-state index in [4.69, 9.17) is 16.3 Å². The van der Waals surface area contributed by atoms with Crippen LogP contribution in [0, 0.1) is 0 Å². The summed E-state index contributed by atoms with van der Waals surface area (Å²) in [5, 5.41) is 7.71. The Morgan fingerprint density at radius 3 is 2.88 bits per heavy atom. The van der Waals surface area contributed by atoms with Crippen LogP contribution in [0.1, 0.15) is 5.69 Å². The van der Waals surface area contributed by atoms with Crippen molar-refractivity contribution in [3.63, 3.8) is 0 Å². The van der Waals surface area contributed by atoms with E-state index in [-0.39, 0.29) is 23.0 Å². The Kier molecular flexibility index (Phi) is 3.10. The second-order valence-electron chi connectivity index (χ2n) is 3.39. The number of rotatable bonds is 3. The van der Waals surface area contributed by atoms with Gasteiger partial charge in [-0.3, -0.25) is 14.0 Å². The summed E-state index contributed by atoms with van der Waals surface area (Å²) < 4.78 is 7.80. The summed E-state index contributed by atoms with van der Waals surface area (Å²) in [7, 11) is 3.12. The van der Waals surface area contributed by atoms with Crippen LogP contribution in [0.4, 0.5) is 0 Å². The highest BCUT2D eigenvalue weighted by atomic mass is 35.5. The number of methoxy groups -OCH3 is 1. The Morgan fingerprint density at radius 2 is 2.29 bits per heavy atom. The average Bonchev–Trinajstić information content (AvgIpc) is 2.69. The fourth-order valence-corrected chi connectivity index (χ4v) is 1.58. The first-order valence-electron chi connectivity index (χ1n) is 4.76. The summed E-state index contributed by atoms with van der Waals surface area (Å²) >= 11 is 5.73. The van der Waals surface area contributed by atoms with Gasteiger partial charge in [-0.1, -0.05) is 16.8 Å². The van der Waals surface area contributed by atoms with Gasteiger partial charge in [0.25, 0.3) is 5.56 Å². The van der Waals surface area contributed by atoms with Crippen LogP contribution in [0.25, 0.3) is 0 Å². The van der Waals surface area contributed by atoms with E-state index in [1.165, 1.54) is 18.0 Å². The highest BCUT2D eigenvalue weighted by molar-refractivity contribution is 6.30. The van der Waals surface area contributed by atoms with Crippen molar-refractivity contribution >= 4 is 11.6 Å². The highest BCUT2D eigenvalue weighted by Gasteiger charge is 2.11. The Bertz CT molecular complexity index is 591. The molecular formula is C9H10ClN5O2. The lowest BCUT2D eigenvalue weighted by atomic mass is 10.4. The van der Waals surface area contributed by atoms with Crippen molar-refractivity contribution in [3.05, 3.63) is 33.7 Å². The SMILES string of the molecule is COc1c(Cl)ncn(Cc2cn(C)nn2)c1=O. The maximum Gasteiger partial charge on any atom is 0.297 e. The van der Waals surface area contributed by atoms with Gasteiger partial charge >= 0.3 is 0 Å². The fraction of sp³-hybridized carbons (Fsp3) is 0.333. The van der Waals surface area contributed by atoms with Crippen molar-refractivity contribution < 1.29 is 4.74 Å². The Hall–Kier alpha value is -1.89. The topological polar surface area (TPSA) is 74.8 Å². The molecule has 0 saturated carbocycles. The van der Waals surface area contributed by atoms with Crippen LogP contribution < -0.4 is 10.3 Å². The number of halogens is 1. The second kappa shape index (κ2) is 4.54. The van der Waals surface area contributed by atoms with Gasteiger partial charge in [0, 0.05) is 13.2 Å². The minimum absolute atomic E-state index is 0.0260. The molecule has 0 spiro atoms. The largest absolute Gasteiger partial charge is 0.489 e. The molecule has 7 nitrogen and oxygen atoms in total. The minimum atomic E-state index is -0.349. The Morgan fingerprint density at radius 1 is 1.53 bits per heavy atom. The third-order valence-corrected chi connectivity index (χ3v) is 2.41. The van der Waals surface area contributed by atoms with Gasteiger partial charge in [0.05, 0.1) is 20.0 Å². The van der Waals surface area contributed by atoms with Crippen molar-refractivity contribution in [1.29, 1.82) is 0 Å². The number of ether oxygens (including phenoxy) is 1. The third kappa shape index (κ3) is 2.28. The van der Waals surface area contributed by atoms with Gasteiger partial charge in [0.15, 0.2) is 5.15 Å². The van der Waals surface area contributed by atoms with Gasteiger partial charge in [-0.25, -0.2) is 4.98 Å². The highest BCUT2D eigenvalue weighted by Crippen LogP contribution is 2.14. The van der Waals surface area contributed by atoms with Crippen molar-refractivity contribution in [1.82, 2.24) is 24.5 Å². The summed E-state index contributed by atoms with van der Waals surface area (Å²) in [6.07, 6.45) is 3.06. The number of hydrogen-bond acceptors (Lipinski definition) is 5. The van der Waals surface area contributed by atoms with Crippen LogP contribution in [0.3, 0.4) is 0 Å². The van der Waals surface area contributed by atoms with E-state index >= 15 is 0 Å². The molecule has 0 aliphatic heterocycles. The molecule has 2 aromatic rings. The first kappa shape index (κ1) is 11.6. The molecule has 0 fully saturated rings. The van der Waals surface area contributed by atoms with Crippen LogP contribution in [-0.2, 0) is 13.6 Å². The van der Waals surface area contributed by atoms with E-state index in [0.717, 1.165) is 0 Å². The summed E-state index contributed by atoms with van der Waals surface area (Å²) in [5.74, 6) is 0.0260. The van der Waals surface area contributed by atoms with Gasteiger partial charge in [-0.2, -0.15) is 0 Å². The molecule has 2 aromatic heterocycles. The van der Waals surface area contributed by atoms with E-state index in [1.807, 2.05) is 0 Å².